The number of benzene rings is 1. The molecule has 0 unspecified atom stereocenters. The van der Waals surface area contributed by atoms with E-state index in [1.807, 2.05) is 44.2 Å². The van der Waals surface area contributed by atoms with Crippen molar-refractivity contribution >= 4 is 23.6 Å². The number of hydrogen-bond donors (Lipinski definition) is 1. The minimum absolute atomic E-state index is 0.00425. The van der Waals surface area contributed by atoms with E-state index in [4.69, 9.17) is 5.11 Å². The van der Waals surface area contributed by atoms with Gasteiger partial charge in [-0.3, -0.25) is 9.59 Å². The van der Waals surface area contributed by atoms with Crippen molar-refractivity contribution in [1.29, 1.82) is 0 Å². The van der Waals surface area contributed by atoms with Crippen LogP contribution in [-0.2, 0) is 9.59 Å². The van der Waals surface area contributed by atoms with Crippen molar-refractivity contribution in [3.63, 3.8) is 0 Å². The average molecular weight is 309 g/mol. The van der Waals surface area contributed by atoms with Crippen LogP contribution in [0.25, 0.3) is 0 Å². The maximum absolute atomic E-state index is 12.2. The fourth-order valence-corrected chi connectivity index (χ4v) is 2.78. The van der Waals surface area contributed by atoms with E-state index in [-0.39, 0.29) is 12.3 Å². The summed E-state index contributed by atoms with van der Waals surface area (Å²) in [6, 6.07) is 9.95. The second-order valence-corrected chi connectivity index (χ2v) is 6.46. The number of carbonyl (C=O) groups is 2. The highest BCUT2D eigenvalue weighted by atomic mass is 32.2. The van der Waals surface area contributed by atoms with Gasteiger partial charge in [0, 0.05) is 30.2 Å². The van der Waals surface area contributed by atoms with Crippen LogP contribution in [0.15, 0.2) is 35.2 Å². The number of hydrogen-bond acceptors (Lipinski definition) is 3. The van der Waals surface area contributed by atoms with Crippen LogP contribution in [0.1, 0.15) is 26.7 Å². The Balaban J connectivity index is 2.42. The summed E-state index contributed by atoms with van der Waals surface area (Å²) in [6.07, 6.45) is 0.441. The molecule has 0 bridgehead atoms. The molecule has 0 saturated carbocycles. The number of carboxylic acid groups (broad SMARTS) is 1. The maximum Gasteiger partial charge on any atom is 0.305 e. The quantitative estimate of drug-likeness (QED) is 0.712. The second kappa shape index (κ2) is 9.45. The van der Waals surface area contributed by atoms with Crippen molar-refractivity contribution in [1.82, 2.24) is 4.90 Å². The molecule has 4 nitrogen and oxygen atoms in total. The first-order valence-corrected chi connectivity index (χ1v) is 8.15. The Kier molecular flexibility index (Phi) is 7.90. The summed E-state index contributed by atoms with van der Waals surface area (Å²) in [7, 11) is 0. The van der Waals surface area contributed by atoms with E-state index in [1.165, 1.54) is 0 Å². The third-order valence-electron chi connectivity index (χ3n) is 2.86. The van der Waals surface area contributed by atoms with Crippen molar-refractivity contribution in [2.75, 3.05) is 18.8 Å². The summed E-state index contributed by atoms with van der Waals surface area (Å²) in [5.41, 5.74) is 0. The molecule has 0 fully saturated rings. The molecule has 1 amide bonds. The first-order chi connectivity index (χ1) is 9.99. The van der Waals surface area contributed by atoms with Crippen LogP contribution in [0.3, 0.4) is 0 Å². The zero-order chi connectivity index (χ0) is 15.7. The molecular weight excluding hydrogens is 286 g/mol. The van der Waals surface area contributed by atoms with E-state index in [0.717, 1.165) is 4.90 Å². The molecule has 116 valence electrons. The van der Waals surface area contributed by atoms with Gasteiger partial charge in [0.1, 0.15) is 0 Å². The van der Waals surface area contributed by atoms with E-state index < -0.39 is 5.97 Å². The second-order valence-electron chi connectivity index (χ2n) is 5.29. The molecule has 0 aliphatic rings. The fourth-order valence-electron chi connectivity index (χ4n) is 1.92. The van der Waals surface area contributed by atoms with Crippen LogP contribution >= 0.6 is 11.8 Å². The molecule has 1 rings (SSSR count). The zero-order valence-corrected chi connectivity index (χ0v) is 13.4. The van der Waals surface area contributed by atoms with Gasteiger partial charge >= 0.3 is 5.97 Å². The SMILES string of the molecule is CC(C)CN(CCC(=O)O)C(=O)CCSc1ccccc1. The molecule has 1 N–H and O–H groups in total. The van der Waals surface area contributed by atoms with Gasteiger partial charge in [0.15, 0.2) is 0 Å². The van der Waals surface area contributed by atoms with Crippen LogP contribution in [0.5, 0.6) is 0 Å². The molecule has 1 aromatic rings. The fraction of sp³-hybridized carbons (Fsp3) is 0.500. The molecule has 0 heterocycles. The highest BCUT2D eigenvalue weighted by molar-refractivity contribution is 7.99. The smallest absolute Gasteiger partial charge is 0.305 e. The molecular formula is C16H23NO3S. The van der Waals surface area contributed by atoms with Crippen molar-refractivity contribution in [2.24, 2.45) is 5.92 Å². The minimum atomic E-state index is -0.866. The van der Waals surface area contributed by atoms with E-state index in [1.54, 1.807) is 16.7 Å². The molecule has 0 aliphatic heterocycles. The monoisotopic (exact) mass is 309 g/mol. The Morgan fingerprint density at radius 3 is 2.43 bits per heavy atom. The number of thioether (sulfide) groups is 1. The van der Waals surface area contributed by atoms with E-state index in [0.29, 0.717) is 31.2 Å². The minimum Gasteiger partial charge on any atom is -0.481 e. The Morgan fingerprint density at radius 2 is 1.86 bits per heavy atom. The first-order valence-electron chi connectivity index (χ1n) is 7.16. The lowest BCUT2D eigenvalue weighted by Crippen LogP contribution is -2.36. The lowest BCUT2D eigenvalue weighted by molar-refractivity contribution is -0.138. The Morgan fingerprint density at radius 1 is 1.19 bits per heavy atom. The predicted molar refractivity (Wildman–Crippen MR) is 85.5 cm³/mol. The molecule has 5 heteroatoms. The number of amides is 1. The Labute approximate surface area is 130 Å². The van der Waals surface area contributed by atoms with E-state index in [2.05, 4.69) is 0 Å². The molecule has 0 saturated heterocycles. The van der Waals surface area contributed by atoms with Gasteiger partial charge in [-0.25, -0.2) is 0 Å². The zero-order valence-electron chi connectivity index (χ0n) is 12.6. The first kappa shape index (κ1) is 17.6. The number of rotatable bonds is 9. The number of nitrogens with zero attached hydrogens (tertiary/aromatic N) is 1. The molecule has 0 aliphatic carbocycles. The average Bonchev–Trinajstić information content (AvgIpc) is 2.44. The van der Waals surface area contributed by atoms with Crippen LogP contribution in [0.2, 0.25) is 0 Å². The third kappa shape index (κ3) is 7.75. The highest BCUT2D eigenvalue weighted by Gasteiger charge is 2.15. The van der Waals surface area contributed by atoms with Crippen molar-refractivity contribution < 1.29 is 14.7 Å². The van der Waals surface area contributed by atoms with Crippen LogP contribution in [-0.4, -0.2) is 40.7 Å². The van der Waals surface area contributed by atoms with E-state index >= 15 is 0 Å². The predicted octanol–water partition coefficient (Wildman–Crippen LogP) is 3.13. The summed E-state index contributed by atoms with van der Waals surface area (Å²) in [5.74, 6) is 0.220. The summed E-state index contributed by atoms with van der Waals surface area (Å²) in [4.78, 5) is 25.7. The van der Waals surface area contributed by atoms with Gasteiger partial charge in [0.25, 0.3) is 0 Å². The normalized spacial score (nSPS) is 10.6. The topological polar surface area (TPSA) is 57.6 Å². The summed E-state index contributed by atoms with van der Waals surface area (Å²) in [6.45, 7) is 4.96. The van der Waals surface area contributed by atoms with Gasteiger partial charge in [-0.15, -0.1) is 11.8 Å². The van der Waals surface area contributed by atoms with Crippen molar-refractivity contribution in [3.8, 4) is 0 Å². The lowest BCUT2D eigenvalue weighted by Gasteiger charge is -2.24. The number of carboxylic acids is 1. The summed E-state index contributed by atoms with van der Waals surface area (Å²) >= 11 is 1.65. The molecule has 0 aromatic heterocycles. The third-order valence-corrected chi connectivity index (χ3v) is 3.88. The van der Waals surface area contributed by atoms with Gasteiger partial charge in [-0.2, -0.15) is 0 Å². The van der Waals surface area contributed by atoms with Crippen LogP contribution in [0, 0.1) is 5.92 Å². The van der Waals surface area contributed by atoms with Gasteiger partial charge in [-0.05, 0) is 18.1 Å². The molecule has 0 radical (unpaired) electrons. The Bertz CT molecular complexity index is 448. The molecule has 1 aromatic carbocycles. The summed E-state index contributed by atoms with van der Waals surface area (Å²) < 4.78 is 0. The number of aliphatic carboxylic acids is 1. The number of carbonyl (C=O) groups excluding carboxylic acids is 1. The highest BCUT2D eigenvalue weighted by Crippen LogP contribution is 2.18. The Hall–Kier alpha value is -1.49. The van der Waals surface area contributed by atoms with Crippen LogP contribution in [0.4, 0.5) is 0 Å². The summed E-state index contributed by atoms with van der Waals surface area (Å²) in [5, 5.41) is 8.76. The lowest BCUT2D eigenvalue weighted by atomic mass is 10.2. The van der Waals surface area contributed by atoms with Gasteiger partial charge < -0.3 is 10.0 Å². The molecule has 0 spiro atoms. The van der Waals surface area contributed by atoms with Gasteiger partial charge in [0.05, 0.1) is 6.42 Å². The maximum atomic E-state index is 12.2. The largest absolute Gasteiger partial charge is 0.481 e. The molecule has 0 atom stereocenters. The molecule has 21 heavy (non-hydrogen) atoms. The standard InChI is InChI=1S/C16H23NO3S/c1-13(2)12-17(10-8-16(19)20)15(18)9-11-21-14-6-4-3-5-7-14/h3-7,13H,8-12H2,1-2H3,(H,19,20). The van der Waals surface area contributed by atoms with Gasteiger partial charge in [-0.1, -0.05) is 32.0 Å². The van der Waals surface area contributed by atoms with Crippen molar-refractivity contribution in [3.05, 3.63) is 30.3 Å². The van der Waals surface area contributed by atoms with Gasteiger partial charge in [0.2, 0.25) is 5.91 Å². The van der Waals surface area contributed by atoms with Crippen LogP contribution < -0.4 is 0 Å². The van der Waals surface area contributed by atoms with E-state index in [9.17, 15) is 9.59 Å². The van der Waals surface area contributed by atoms with Crippen molar-refractivity contribution in [2.45, 2.75) is 31.6 Å².